The second-order valence-corrected chi connectivity index (χ2v) is 5.56. The number of anilines is 1. The fraction of sp³-hybridized carbons (Fsp3) is 0.167. The van der Waals surface area contributed by atoms with Crippen molar-refractivity contribution in [3.8, 4) is 0 Å². The first-order valence-corrected chi connectivity index (χ1v) is 7.10. The average molecular weight is 327 g/mol. The SMILES string of the molecule is CC(N)c1nc(C(=O)Nc2cc(Cl)ccc2[N+](=O)[O-])cs1. The number of rotatable bonds is 4. The standard InChI is InChI=1S/C12H11ClN4O3S/c1-6(14)12-16-9(5-21-12)11(18)15-8-4-7(13)2-3-10(8)17(19)20/h2-6H,14H2,1H3,(H,15,18). The van der Waals surface area contributed by atoms with Gasteiger partial charge in [0.1, 0.15) is 16.4 Å². The molecular formula is C12H11ClN4O3S. The van der Waals surface area contributed by atoms with Gasteiger partial charge in [0, 0.05) is 16.5 Å². The fourth-order valence-corrected chi connectivity index (χ4v) is 2.48. The van der Waals surface area contributed by atoms with Gasteiger partial charge < -0.3 is 11.1 Å². The minimum Gasteiger partial charge on any atom is -0.322 e. The van der Waals surface area contributed by atoms with E-state index in [0.717, 1.165) is 0 Å². The van der Waals surface area contributed by atoms with Gasteiger partial charge in [-0.05, 0) is 19.1 Å². The first kappa shape index (κ1) is 15.4. The van der Waals surface area contributed by atoms with Crippen LogP contribution in [-0.4, -0.2) is 15.8 Å². The number of aromatic nitrogens is 1. The lowest BCUT2D eigenvalue weighted by Gasteiger charge is -2.05. The number of carbonyl (C=O) groups excluding carboxylic acids is 1. The molecule has 1 heterocycles. The summed E-state index contributed by atoms with van der Waals surface area (Å²) in [5.41, 5.74) is 5.61. The summed E-state index contributed by atoms with van der Waals surface area (Å²) >= 11 is 7.05. The monoisotopic (exact) mass is 326 g/mol. The van der Waals surface area contributed by atoms with Gasteiger partial charge in [0.25, 0.3) is 11.6 Å². The molecule has 1 unspecified atom stereocenters. The van der Waals surface area contributed by atoms with Gasteiger partial charge in [0.15, 0.2) is 0 Å². The molecule has 0 saturated carbocycles. The predicted octanol–water partition coefficient (Wildman–Crippen LogP) is 2.98. The zero-order valence-corrected chi connectivity index (χ0v) is 12.4. The number of nitrogens with two attached hydrogens (primary N) is 1. The van der Waals surface area contributed by atoms with Crippen molar-refractivity contribution in [2.75, 3.05) is 5.32 Å². The summed E-state index contributed by atoms with van der Waals surface area (Å²) in [5, 5.41) is 15.8. The van der Waals surface area contributed by atoms with E-state index < -0.39 is 10.8 Å². The largest absolute Gasteiger partial charge is 0.322 e. The van der Waals surface area contributed by atoms with Crippen LogP contribution in [0.2, 0.25) is 5.02 Å². The topological polar surface area (TPSA) is 111 Å². The van der Waals surface area contributed by atoms with Crippen LogP contribution >= 0.6 is 22.9 Å². The molecule has 2 rings (SSSR count). The number of nitrogens with zero attached hydrogens (tertiary/aromatic N) is 2. The molecule has 0 aliphatic rings. The number of thiazole rings is 1. The van der Waals surface area contributed by atoms with E-state index in [-0.39, 0.29) is 28.1 Å². The lowest BCUT2D eigenvalue weighted by molar-refractivity contribution is -0.383. The Labute approximate surface area is 128 Å². The van der Waals surface area contributed by atoms with Gasteiger partial charge in [0.2, 0.25) is 0 Å². The van der Waals surface area contributed by atoms with Crippen LogP contribution in [0.3, 0.4) is 0 Å². The maximum atomic E-state index is 12.1. The van der Waals surface area contributed by atoms with Crippen LogP contribution in [0, 0.1) is 10.1 Å². The molecule has 1 atom stereocenters. The highest BCUT2D eigenvalue weighted by Gasteiger charge is 2.19. The number of hydrogen-bond donors (Lipinski definition) is 2. The van der Waals surface area contributed by atoms with Crippen LogP contribution in [0.4, 0.5) is 11.4 Å². The number of amides is 1. The molecule has 1 aromatic heterocycles. The Bertz CT molecular complexity index is 702. The van der Waals surface area contributed by atoms with E-state index in [4.69, 9.17) is 17.3 Å². The number of carbonyl (C=O) groups is 1. The molecule has 21 heavy (non-hydrogen) atoms. The molecule has 0 aliphatic carbocycles. The Hall–Kier alpha value is -2.03. The highest BCUT2D eigenvalue weighted by atomic mass is 35.5. The van der Waals surface area contributed by atoms with Crippen molar-refractivity contribution in [2.45, 2.75) is 13.0 Å². The number of nitrogens with one attached hydrogen (secondary N) is 1. The summed E-state index contributed by atoms with van der Waals surface area (Å²) in [4.78, 5) is 26.5. The van der Waals surface area contributed by atoms with Crippen LogP contribution in [0.15, 0.2) is 23.6 Å². The zero-order chi connectivity index (χ0) is 15.6. The Morgan fingerprint density at radius 1 is 1.57 bits per heavy atom. The van der Waals surface area contributed by atoms with Crippen molar-refractivity contribution in [3.05, 3.63) is 49.4 Å². The van der Waals surface area contributed by atoms with Gasteiger partial charge >= 0.3 is 0 Å². The Kier molecular flexibility index (Phi) is 4.51. The summed E-state index contributed by atoms with van der Waals surface area (Å²) in [6.45, 7) is 1.75. The van der Waals surface area contributed by atoms with Crippen LogP contribution in [0.25, 0.3) is 0 Å². The molecule has 7 nitrogen and oxygen atoms in total. The van der Waals surface area contributed by atoms with E-state index in [1.807, 2.05) is 0 Å². The molecule has 2 aromatic rings. The van der Waals surface area contributed by atoms with Crippen molar-refractivity contribution in [3.63, 3.8) is 0 Å². The Morgan fingerprint density at radius 2 is 2.29 bits per heavy atom. The maximum absolute atomic E-state index is 12.1. The summed E-state index contributed by atoms with van der Waals surface area (Å²) in [6.07, 6.45) is 0. The van der Waals surface area contributed by atoms with E-state index in [2.05, 4.69) is 10.3 Å². The van der Waals surface area contributed by atoms with E-state index in [1.165, 1.54) is 29.5 Å². The molecule has 0 radical (unpaired) electrons. The molecule has 0 spiro atoms. The molecule has 0 aliphatic heterocycles. The summed E-state index contributed by atoms with van der Waals surface area (Å²) < 4.78 is 0. The zero-order valence-electron chi connectivity index (χ0n) is 10.9. The van der Waals surface area contributed by atoms with Crippen LogP contribution in [-0.2, 0) is 0 Å². The van der Waals surface area contributed by atoms with Crippen molar-refractivity contribution < 1.29 is 9.72 Å². The first-order chi connectivity index (χ1) is 9.88. The maximum Gasteiger partial charge on any atom is 0.292 e. The minimum absolute atomic E-state index is 0.0212. The average Bonchev–Trinajstić information content (AvgIpc) is 2.88. The summed E-state index contributed by atoms with van der Waals surface area (Å²) in [7, 11) is 0. The number of benzene rings is 1. The Balaban J connectivity index is 2.26. The van der Waals surface area contributed by atoms with E-state index in [9.17, 15) is 14.9 Å². The van der Waals surface area contributed by atoms with Gasteiger partial charge in [0.05, 0.1) is 11.0 Å². The molecule has 0 saturated heterocycles. The lowest BCUT2D eigenvalue weighted by Crippen LogP contribution is -2.14. The summed E-state index contributed by atoms with van der Waals surface area (Å²) in [5.74, 6) is -0.552. The predicted molar refractivity (Wildman–Crippen MR) is 80.8 cm³/mol. The highest BCUT2D eigenvalue weighted by Crippen LogP contribution is 2.28. The smallest absolute Gasteiger partial charge is 0.292 e. The molecular weight excluding hydrogens is 316 g/mol. The summed E-state index contributed by atoms with van der Waals surface area (Å²) in [6, 6.07) is 3.65. The molecule has 0 fully saturated rings. The second kappa shape index (κ2) is 6.17. The van der Waals surface area contributed by atoms with Gasteiger partial charge in [-0.2, -0.15) is 0 Å². The lowest BCUT2D eigenvalue weighted by atomic mass is 10.2. The molecule has 1 amide bonds. The van der Waals surface area contributed by atoms with Crippen molar-refractivity contribution in [1.82, 2.24) is 4.98 Å². The molecule has 110 valence electrons. The third kappa shape index (κ3) is 3.54. The van der Waals surface area contributed by atoms with Gasteiger partial charge in [-0.3, -0.25) is 14.9 Å². The van der Waals surface area contributed by atoms with Crippen molar-refractivity contribution in [2.24, 2.45) is 5.73 Å². The van der Waals surface area contributed by atoms with Gasteiger partial charge in [-0.15, -0.1) is 11.3 Å². The minimum atomic E-state index is -0.597. The number of nitro groups is 1. The van der Waals surface area contributed by atoms with Crippen LogP contribution < -0.4 is 11.1 Å². The molecule has 0 bridgehead atoms. The van der Waals surface area contributed by atoms with Crippen LogP contribution in [0.5, 0.6) is 0 Å². The molecule has 1 aromatic carbocycles. The highest BCUT2D eigenvalue weighted by molar-refractivity contribution is 7.09. The Morgan fingerprint density at radius 3 is 2.86 bits per heavy atom. The number of halogens is 1. The third-order valence-corrected chi connectivity index (χ3v) is 3.83. The van der Waals surface area contributed by atoms with Crippen molar-refractivity contribution >= 4 is 40.2 Å². The van der Waals surface area contributed by atoms with Crippen LogP contribution in [0.1, 0.15) is 28.5 Å². The molecule has 9 heteroatoms. The number of hydrogen-bond acceptors (Lipinski definition) is 6. The van der Waals surface area contributed by atoms with E-state index >= 15 is 0 Å². The number of nitro benzene ring substituents is 1. The quantitative estimate of drug-likeness (QED) is 0.662. The normalized spacial score (nSPS) is 12.0. The van der Waals surface area contributed by atoms with E-state index in [1.54, 1.807) is 12.3 Å². The third-order valence-electron chi connectivity index (χ3n) is 2.55. The second-order valence-electron chi connectivity index (χ2n) is 4.23. The fourth-order valence-electron chi connectivity index (χ4n) is 1.55. The van der Waals surface area contributed by atoms with Gasteiger partial charge in [-0.1, -0.05) is 11.6 Å². The first-order valence-electron chi connectivity index (χ1n) is 5.84. The molecule has 3 N–H and O–H groups in total. The van der Waals surface area contributed by atoms with Crippen molar-refractivity contribution in [1.29, 1.82) is 0 Å². The van der Waals surface area contributed by atoms with E-state index in [0.29, 0.717) is 5.01 Å². The van der Waals surface area contributed by atoms with Gasteiger partial charge in [-0.25, -0.2) is 4.98 Å².